The second kappa shape index (κ2) is 9.62. The Morgan fingerprint density at radius 2 is 1.87 bits per heavy atom. The van der Waals surface area contributed by atoms with Crippen molar-refractivity contribution in [1.29, 1.82) is 0 Å². The third-order valence-corrected chi connectivity index (χ3v) is 7.15. The molecule has 1 N–H and O–H groups in total. The molecule has 2 atom stereocenters. The van der Waals surface area contributed by atoms with Gasteiger partial charge >= 0.3 is 0 Å². The van der Waals surface area contributed by atoms with Crippen LogP contribution >= 0.6 is 0 Å². The van der Waals surface area contributed by atoms with Crippen LogP contribution in [0.15, 0.2) is 42.5 Å². The summed E-state index contributed by atoms with van der Waals surface area (Å²) < 4.78 is 18.5. The van der Waals surface area contributed by atoms with E-state index < -0.39 is 0 Å². The zero-order chi connectivity index (χ0) is 21.0. The van der Waals surface area contributed by atoms with E-state index in [4.69, 9.17) is 14.2 Å². The first-order chi connectivity index (χ1) is 15.2. The molecule has 5 rings (SSSR count). The molecule has 4 heteroatoms. The number of fused-ring (bicyclic) bond motifs is 1. The molecule has 0 bridgehead atoms. The van der Waals surface area contributed by atoms with Crippen LogP contribution in [0, 0.1) is 6.92 Å². The Labute approximate surface area is 186 Å². The van der Waals surface area contributed by atoms with Crippen molar-refractivity contribution < 1.29 is 14.2 Å². The summed E-state index contributed by atoms with van der Waals surface area (Å²) in [7, 11) is 0. The summed E-state index contributed by atoms with van der Waals surface area (Å²) in [6.45, 7) is 4.10. The quantitative estimate of drug-likeness (QED) is 0.667. The van der Waals surface area contributed by atoms with E-state index in [1.54, 1.807) is 0 Å². The summed E-state index contributed by atoms with van der Waals surface area (Å²) in [4.78, 5) is 0. The molecule has 4 nitrogen and oxygen atoms in total. The third kappa shape index (κ3) is 5.07. The molecule has 2 unspecified atom stereocenters. The molecule has 0 amide bonds. The van der Waals surface area contributed by atoms with Crippen LogP contribution in [0.5, 0.6) is 11.5 Å². The van der Waals surface area contributed by atoms with Crippen LogP contribution in [0.4, 0.5) is 0 Å². The van der Waals surface area contributed by atoms with Gasteiger partial charge in [-0.1, -0.05) is 24.3 Å². The Balaban J connectivity index is 1.12. The Hall–Kier alpha value is -2.04. The molecular weight excluding hydrogens is 386 g/mol. The van der Waals surface area contributed by atoms with E-state index in [2.05, 4.69) is 54.7 Å². The van der Waals surface area contributed by atoms with Crippen LogP contribution in [0.25, 0.3) is 0 Å². The fourth-order valence-electron chi connectivity index (χ4n) is 5.29. The van der Waals surface area contributed by atoms with Crippen LogP contribution in [0.2, 0.25) is 0 Å². The summed E-state index contributed by atoms with van der Waals surface area (Å²) >= 11 is 0. The monoisotopic (exact) mass is 421 g/mol. The number of rotatable bonds is 6. The van der Waals surface area contributed by atoms with Crippen molar-refractivity contribution in [2.75, 3.05) is 13.2 Å². The molecule has 166 valence electrons. The molecule has 0 radical (unpaired) electrons. The minimum atomic E-state index is 0.151. The number of ether oxygens (including phenoxy) is 3. The lowest BCUT2D eigenvalue weighted by molar-refractivity contribution is 0.0985. The van der Waals surface area contributed by atoms with Crippen LogP contribution in [0.1, 0.15) is 67.7 Å². The highest BCUT2D eigenvalue weighted by atomic mass is 16.5. The molecule has 1 saturated heterocycles. The Bertz CT molecular complexity index is 869. The van der Waals surface area contributed by atoms with Crippen LogP contribution in [-0.4, -0.2) is 31.4 Å². The van der Waals surface area contributed by atoms with Crippen molar-refractivity contribution in [2.45, 2.75) is 82.6 Å². The standard InChI is InChI=1S/C27H35NO3/c1-19-5-2-3-7-25(19)27-14-8-20-17-23(13-15-26(20)31-27)30-22-11-9-21(10-12-22)28-18-24-6-4-16-29-24/h2-3,5,7,13,15,17,21-22,24,27-28H,4,6,8-12,14,16,18H2,1H3. The maximum atomic E-state index is 6.37. The van der Waals surface area contributed by atoms with Gasteiger partial charge in [0.2, 0.25) is 0 Å². The third-order valence-electron chi connectivity index (χ3n) is 7.15. The van der Waals surface area contributed by atoms with Gasteiger partial charge in [-0.05, 0) is 93.2 Å². The number of benzene rings is 2. The van der Waals surface area contributed by atoms with Crippen molar-refractivity contribution in [2.24, 2.45) is 0 Å². The molecule has 2 aromatic carbocycles. The van der Waals surface area contributed by atoms with Gasteiger partial charge in [-0.3, -0.25) is 0 Å². The lowest BCUT2D eigenvalue weighted by Gasteiger charge is -2.31. The van der Waals surface area contributed by atoms with Crippen molar-refractivity contribution >= 4 is 0 Å². The summed E-state index contributed by atoms with van der Waals surface area (Å²) in [5.41, 5.74) is 3.88. The molecule has 2 aromatic rings. The SMILES string of the molecule is Cc1ccccc1C1CCc2cc(OC3CCC(NCC4CCCO4)CC3)ccc2O1. The van der Waals surface area contributed by atoms with E-state index in [0.717, 1.165) is 50.3 Å². The highest BCUT2D eigenvalue weighted by Gasteiger charge is 2.26. The van der Waals surface area contributed by atoms with Crippen molar-refractivity contribution in [3.05, 3.63) is 59.2 Å². The maximum absolute atomic E-state index is 6.37. The second-order valence-electron chi connectivity index (χ2n) is 9.41. The van der Waals surface area contributed by atoms with E-state index >= 15 is 0 Å². The number of hydrogen-bond acceptors (Lipinski definition) is 4. The van der Waals surface area contributed by atoms with Gasteiger partial charge in [0, 0.05) is 19.2 Å². The molecular formula is C27H35NO3. The molecule has 2 fully saturated rings. The van der Waals surface area contributed by atoms with E-state index in [1.165, 1.54) is 42.4 Å². The highest BCUT2D eigenvalue weighted by Crippen LogP contribution is 2.38. The average Bonchev–Trinajstić information content (AvgIpc) is 3.32. The number of aryl methyl sites for hydroxylation is 2. The van der Waals surface area contributed by atoms with Gasteiger partial charge in [-0.25, -0.2) is 0 Å². The van der Waals surface area contributed by atoms with Gasteiger partial charge in [0.1, 0.15) is 17.6 Å². The van der Waals surface area contributed by atoms with Gasteiger partial charge in [-0.15, -0.1) is 0 Å². The zero-order valence-electron chi connectivity index (χ0n) is 18.6. The van der Waals surface area contributed by atoms with Crippen LogP contribution in [-0.2, 0) is 11.2 Å². The van der Waals surface area contributed by atoms with Crippen molar-refractivity contribution in [3.63, 3.8) is 0 Å². The first kappa shape index (κ1) is 20.8. The Kier molecular flexibility index (Phi) is 6.47. The van der Waals surface area contributed by atoms with Crippen molar-refractivity contribution in [3.8, 4) is 11.5 Å². The fraction of sp³-hybridized carbons (Fsp3) is 0.556. The summed E-state index contributed by atoms with van der Waals surface area (Å²) in [5, 5.41) is 3.71. The minimum Gasteiger partial charge on any atom is -0.490 e. The summed E-state index contributed by atoms with van der Waals surface area (Å²) in [5.74, 6) is 2.00. The lowest BCUT2D eigenvalue weighted by Crippen LogP contribution is -2.39. The largest absolute Gasteiger partial charge is 0.490 e. The van der Waals surface area contributed by atoms with Crippen LogP contribution in [0.3, 0.4) is 0 Å². The van der Waals surface area contributed by atoms with Gasteiger partial charge in [0.15, 0.2) is 0 Å². The molecule has 2 aliphatic heterocycles. The van der Waals surface area contributed by atoms with E-state index in [-0.39, 0.29) is 6.10 Å². The normalized spacial score (nSPS) is 28.0. The van der Waals surface area contributed by atoms with Crippen molar-refractivity contribution in [1.82, 2.24) is 5.32 Å². The zero-order valence-corrected chi connectivity index (χ0v) is 18.6. The average molecular weight is 422 g/mol. The summed E-state index contributed by atoms with van der Waals surface area (Å²) in [6.07, 6.45) is 9.97. The van der Waals surface area contributed by atoms with E-state index in [1.807, 2.05) is 0 Å². The lowest BCUT2D eigenvalue weighted by atomic mass is 9.92. The first-order valence-corrected chi connectivity index (χ1v) is 12.1. The van der Waals surface area contributed by atoms with Gasteiger partial charge in [0.05, 0.1) is 12.2 Å². The Morgan fingerprint density at radius 3 is 2.68 bits per heavy atom. The molecule has 2 heterocycles. The molecule has 0 spiro atoms. The van der Waals surface area contributed by atoms with Gasteiger partial charge < -0.3 is 19.5 Å². The predicted octanol–water partition coefficient (Wildman–Crippen LogP) is 5.52. The maximum Gasteiger partial charge on any atom is 0.124 e. The second-order valence-corrected chi connectivity index (χ2v) is 9.41. The topological polar surface area (TPSA) is 39.7 Å². The van der Waals surface area contributed by atoms with Crippen LogP contribution < -0.4 is 14.8 Å². The molecule has 31 heavy (non-hydrogen) atoms. The predicted molar refractivity (Wildman–Crippen MR) is 123 cm³/mol. The molecule has 0 aromatic heterocycles. The van der Waals surface area contributed by atoms with Gasteiger partial charge in [-0.2, -0.15) is 0 Å². The smallest absolute Gasteiger partial charge is 0.124 e. The Morgan fingerprint density at radius 1 is 1.00 bits per heavy atom. The van der Waals surface area contributed by atoms with E-state index in [9.17, 15) is 0 Å². The molecule has 3 aliphatic rings. The van der Waals surface area contributed by atoms with Gasteiger partial charge in [0.25, 0.3) is 0 Å². The fourth-order valence-corrected chi connectivity index (χ4v) is 5.29. The molecule has 1 aliphatic carbocycles. The number of hydrogen-bond donors (Lipinski definition) is 1. The number of nitrogens with one attached hydrogen (secondary N) is 1. The minimum absolute atomic E-state index is 0.151. The highest BCUT2D eigenvalue weighted by molar-refractivity contribution is 5.43. The van der Waals surface area contributed by atoms with E-state index in [0.29, 0.717) is 18.2 Å². The first-order valence-electron chi connectivity index (χ1n) is 12.1. The molecule has 1 saturated carbocycles. The summed E-state index contributed by atoms with van der Waals surface area (Å²) in [6, 6.07) is 15.5.